The Bertz CT molecular complexity index is 969. The van der Waals surface area contributed by atoms with Gasteiger partial charge in [0.15, 0.2) is 22.2 Å². The second-order valence-electron chi connectivity index (χ2n) is 5.65. The van der Waals surface area contributed by atoms with Crippen LogP contribution < -0.4 is 15.0 Å². The summed E-state index contributed by atoms with van der Waals surface area (Å²) in [5.41, 5.74) is 1.17. The number of likely N-dealkylation sites (N-methyl/N-ethyl adjacent to an activating group) is 1. The van der Waals surface area contributed by atoms with Gasteiger partial charge in [-0.3, -0.25) is 9.59 Å². The maximum Gasteiger partial charge on any atom is 0.264 e. The summed E-state index contributed by atoms with van der Waals surface area (Å²) in [4.78, 5) is 25.7. The van der Waals surface area contributed by atoms with E-state index in [1.54, 1.807) is 25.2 Å². The minimum Gasteiger partial charge on any atom is -0.479 e. The Labute approximate surface area is 145 Å². The van der Waals surface area contributed by atoms with Crippen molar-refractivity contribution in [3.8, 4) is 5.75 Å². The molecule has 7 nitrogen and oxygen atoms in total. The number of benzene rings is 2. The number of carbonyl (C=O) groups excluding carboxylic acids is 2. The summed E-state index contributed by atoms with van der Waals surface area (Å²) in [6.45, 7) is -0.111. The van der Waals surface area contributed by atoms with E-state index in [-0.39, 0.29) is 23.0 Å². The second-order valence-corrected chi connectivity index (χ2v) is 7.67. The van der Waals surface area contributed by atoms with Gasteiger partial charge >= 0.3 is 0 Å². The van der Waals surface area contributed by atoms with Crippen LogP contribution in [-0.4, -0.2) is 40.1 Å². The molecule has 0 atom stereocenters. The van der Waals surface area contributed by atoms with Gasteiger partial charge in [0.1, 0.15) is 0 Å². The lowest BCUT2D eigenvalue weighted by Crippen LogP contribution is -2.35. The summed E-state index contributed by atoms with van der Waals surface area (Å²) >= 11 is 0. The Hall–Kier alpha value is -2.87. The molecule has 0 saturated heterocycles. The number of fused-ring (bicyclic) bond motifs is 1. The molecule has 3 rings (SSSR count). The summed E-state index contributed by atoms with van der Waals surface area (Å²) in [6, 6.07) is 10.8. The van der Waals surface area contributed by atoms with E-state index in [1.165, 1.54) is 29.2 Å². The van der Waals surface area contributed by atoms with Crippen molar-refractivity contribution in [1.82, 2.24) is 0 Å². The SMILES string of the molecule is CN1C(=O)COc2c(NC(=O)c3cccc(S(C)(=O)=O)c3)cccc21. The Morgan fingerprint density at radius 1 is 1.20 bits per heavy atom. The molecule has 2 amide bonds. The van der Waals surface area contributed by atoms with Crippen LogP contribution >= 0.6 is 0 Å². The zero-order valence-corrected chi connectivity index (χ0v) is 14.5. The van der Waals surface area contributed by atoms with Crippen LogP contribution in [0.15, 0.2) is 47.4 Å². The molecule has 2 aromatic carbocycles. The number of nitrogens with zero attached hydrogens (tertiary/aromatic N) is 1. The Balaban J connectivity index is 1.92. The fourth-order valence-corrected chi connectivity index (χ4v) is 3.13. The number of sulfone groups is 1. The highest BCUT2D eigenvalue weighted by molar-refractivity contribution is 7.90. The summed E-state index contributed by atoms with van der Waals surface area (Å²) in [6.07, 6.45) is 1.08. The number of nitrogens with one attached hydrogen (secondary N) is 1. The molecular weight excluding hydrogens is 344 g/mol. The highest BCUT2D eigenvalue weighted by Gasteiger charge is 2.25. The first-order valence-electron chi connectivity index (χ1n) is 7.41. The maximum atomic E-state index is 12.5. The predicted molar refractivity (Wildman–Crippen MR) is 92.9 cm³/mol. The van der Waals surface area contributed by atoms with Crippen LogP contribution in [0.3, 0.4) is 0 Å². The normalized spacial score (nSPS) is 13.8. The maximum absolute atomic E-state index is 12.5. The highest BCUT2D eigenvalue weighted by Crippen LogP contribution is 2.38. The molecule has 0 radical (unpaired) electrons. The van der Waals surface area contributed by atoms with Gasteiger partial charge in [-0.25, -0.2) is 8.42 Å². The molecular formula is C17H16N2O5S. The molecule has 0 aliphatic carbocycles. The smallest absolute Gasteiger partial charge is 0.264 e. The zero-order valence-electron chi connectivity index (χ0n) is 13.6. The third-order valence-corrected chi connectivity index (χ3v) is 4.95. The molecule has 1 aliphatic heterocycles. The number of hydrogen-bond donors (Lipinski definition) is 1. The quantitative estimate of drug-likeness (QED) is 0.899. The van der Waals surface area contributed by atoms with Crippen molar-refractivity contribution >= 4 is 33.0 Å². The monoisotopic (exact) mass is 360 g/mol. The molecule has 0 aromatic heterocycles. The minimum absolute atomic E-state index is 0.0665. The minimum atomic E-state index is -3.41. The second kappa shape index (κ2) is 6.21. The molecule has 0 fully saturated rings. The third-order valence-electron chi connectivity index (χ3n) is 3.84. The van der Waals surface area contributed by atoms with Gasteiger partial charge in [0.2, 0.25) is 0 Å². The topological polar surface area (TPSA) is 92.8 Å². The van der Waals surface area contributed by atoms with Crippen LogP contribution in [0.25, 0.3) is 0 Å². The average Bonchev–Trinajstić information content (AvgIpc) is 2.58. The van der Waals surface area contributed by atoms with Crippen molar-refractivity contribution < 1.29 is 22.7 Å². The molecule has 25 heavy (non-hydrogen) atoms. The predicted octanol–water partition coefficient (Wildman–Crippen LogP) is 1.70. The van der Waals surface area contributed by atoms with Gasteiger partial charge in [0.05, 0.1) is 16.3 Å². The fraction of sp³-hybridized carbons (Fsp3) is 0.176. The molecule has 1 N–H and O–H groups in total. The summed E-state index contributed by atoms with van der Waals surface area (Å²) < 4.78 is 28.7. The highest BCUT2D eigenvalue weighted by atomic mass is 32.2. The summed E-state index contributed by atoms with van der Waals surface area (Å²) in [7, 11) is -1.78. The van der Waals surface area contributed by atoms with Crippen molar-refractivity contribution in [1.29, 1.82) is 0 Å². The van der Waals surface area contributed by atoms with E-state index >= 15 is 0 Å². The van der Waals surface area contributed by atoms with E-state index in [4.69, 9.17) is 4.74 Å². The molecule has 0 unspecified atom stereocenters. The number of hydrogen-bond acceptors (Lipinski definition) is 5. The van der Waals surface area contributed by atoms with Crippen LogP contribution in [0.1, 0.15) is 10.4 Å². The lowest BCUT2D eigenvalue weighted by atomic mass is 10.1. The van der Waals surface area contributed by atoms with Gasteiger partial charge in [-0.1, -0.05) is 12.1 Å². The lowest BCUT2D eigenvalue weighted by Gasteiger charge is -2.27. The summed E-state index contributed by atoms with van der Waals surface area (Å²) in [5, 5.41) is 2.70. The van der Waals surface area contributed by atoms with Crippen molar-refractivity contribution in [3.63, 3.8) is 0 Å². The molecule has 130 valence electrons. The number of ether oxygens (including phenoxy) is 1. The van der Waals surface area contributed by atoms with Gasteiger partial charge in [0, 0.05) is 18.9 Å². The number of amides is 2. The first-order chi connectivity index (χ1) is 11.8. The lowest BCUT2D eigenvalue weighted by molar-refractivity contribution is -0.120. The molecule has 0 spiro atoms. The van der Waals surface area contributed by atoms with Gasteiger partial charge in [-0.2, -0.15) is 0 Å². The first kappa shape index (κ1) is 17.0. The van der Waals surface area contributed by atoms with Crippen LogP contribution in [-0.2, 0) is 14.6 Å². The molecule has 0 saturated carbocycles. The summed E-state index contributed by atoms with van der Waals surface area (Å²) in [5.74, 6) is -0.254. The molecule has 0 bridgehead atoms. The van der Waals surface area contributed by atoms with Crippen molar-refractivity contribution in [3.05, 3.63) is 48.0 Å². The van der Waals surface area contributed by atoms with Crippen LogP contribution in [0.5, 0.6) is 5.75 Å². The molecule has 2 aromatic rings. The first-order valence-corrected chi connectivity index (χ1v) is 9.30. The van der Waals surface area contributed by atoms with E-state index in [0.29, 0.717) is 17.1 Å². The van der Waals surface area contributed by atoms with Gasteiger partial charge in [-0.15, -0.1) is 0 Å². The average molecular weight is 360 g/mol. The Morgan fingerprint density at radius 2 is 1.92 bits per heavy atom. The van der Waals surface area contributed by atoms with E-state index < -0.39 is 15.7 Å². The van der Waals surface area contributed by atoms with E-state index in [9.17, 15) is 18.0 Å². The van der Waals surface area contributed by atoms with Gasteiger partial charge < -0.3 is 15.0 Å². The third kappa shape index (κ3) is 3.34. The zero-order chi connectivity index (χ0) is 18.2. The van der Waals surface area contributed by atoms with Crippen LogP contribution in [0.4, 0.5) is 11.4 Å². The standard InChI is InChI=1S/C17H16N2O5S/c1-19-14-8-4-7-13(16(14)24-10-15(19)20)18-17(21)11-5-3-6-12(9-11)25(2,22)23/h3-9H,10H2,1-2H3,(H,18,21). The van der Waals surface area contributed by atoms with Crippen LogP contribution in [0, 0.1) is 0 Å². The number of anilines is 2. The van der Waals surface area contributed by atoms with Crippen LogP contribution in [0.2, 0.25) is 0 Å². The van der Waals surface area contributed by atoms with E-state index in [1.807, 2.05) is 0 Å². The van der Waals surface area contributed by atoms with E-state index in [2.05, 4.69) is 5.32 Å². The van der Waals surface area contributed by atoms with Crippen molar-refractivity contribution in [2.24, 2.45) is 0 Å². The van der Waals surface area contributed by atoms with E-state index in [0.717, 1.165) is 6.26 Å². The van der Waals surface area contributed by atoms with Crippen molar-refractivity contribution in [2.75, 3.05) is 30.1 Å². The van der Waals surface area contributed by atoms with Crippen molar-refractivity contribution in [2.45, 2.75) is 4.90 Å². The molecule has 1 heterocycles. The number of carbonyl (C=O) groups is 2. The Morgan fingerprint density at radius 3 is 2.64 bits per heavy atom. The molecule has 1 aliphatic rings. The van der Waals surface area contributed by atoms with Gasteiger partial charge in [0.25, 0.3) is 11.8 Å². The number of para-hydroxylation sites is 1. The number of rotatable bonds is 3. The largest absolute Gasteiger partial charge is 0.479 e. The fourth-order valence-electron chi connectivity index (χ4n) is 2.47. The molecule has 8 heteroatoms. The Kier molecular flexibility index (Phi) is 4.22. The van der Waals surface area contributed by atoms with Gasteiger partial charge in [-0.05, 0) is 30.3 Å².